The van der Waals surface area contributed by atoms with Crippen LogP contribution in [0.1, 0.15) is 36.8 Å². The molecule has 1 atom stereocenters. The molecule has 0 aromatic carbocycles. The Kier molecular flexibility index (Phi) is 5.37. The van der Waals surface area contributed by atoms with E-state index < -0.39 is 0 Å². The number of thiazole rings is 1. The second-order valence-electron chi connectivity index (χ2n) is 5.96. The predicted molar refractivity (Wildman–Crippen MR) is 80.7 cm³/mol. The van der Waals surface area contributed by atoms with E-state index in [2.05, 4.69) is 24.1 Å². The zero-order chi connectivity index (χ0) is 13.7. The number of aryl methyl sites for hydroxylation is 2. The summed E-state index contributed by atoms with van der Waals surface area (Å²) in [6.45, 7) is 7.43. The number of methoxy groups -OCH3 is 1. The third kappa shape index (κ3) is 4.26. The average molecular weight is 282 g/mol. The van der Waals surface area contributed by atoms with E-state index in [1.807, 2.05) is 5.51 Å². The van der Waals surface area contributed by atoms with E-state index in [-0.39, 0.29) is 0 Å². The van der Waals surface area contributed by atoms with Crippen LogP contribution in [-0.2, 0) is 11.2 Å². The van der Waals surface area contributed by atoms with Gasteiger partial charge in [0.05, 0.1) is 17.8 Å². The van der Waals surface area contributed by atoms with Crippen LogP contribution in [0.3, 0.4) is 0 Å². The fourth-order valence-electron chi connectivity index (χ4n) is 2.73. The summed E-state index contributed by atoms with van der Waals surface area (Å²) >= 11 is 1.80. The van der Waals surface area contributed by atoms with Gasteiger partial charge in [0.25, 0.3) is 0 Å². The molecule has 0 bridgehead atoms. The van der Waals surface area contributed by atoms with Crippen molar-refractivity contribution in [3.05, 3.63) is 16.1 Å². The molecule has 4 heteroatoms. The molecule has 0 aliphatic heterocycles. The van der Waals surface area contributed by atoms with Crippen molar-refractivity contribution >= 4 is 11.3 Å². The van der Waals surface area contributed by atoms with Crippen LogP contribution < -0.4 is 5.32 Å². The molecule has 108 valence electrons. The van der Waals surface area contributed by atoms with Gasteiger partial charge >= 0.3 is 0 Å². The summed E-state index contributed by atoms with van der Waals surface area (Å²) in [5, 5.41) is 3.56. The van der Waals surface area contributed by atoms with Gasteiger partial charge in [-0.1, -0.05) is 6.92 Å². The molecule has 1 aliphatic rings. The highest BCUT2D eigenvalue weighted by Gasteiger charge is 2.40. The van der Waals surface area contributed by atoms with Crippen LogP contribution in [0.4, 0.5) is 0 Å². The lowest BCUT2D eigenvalue weighted by Gasteiger charge is -2.30. The number of ether oxygens (including phenoxy) is 1. The molecular formula is C15H26N2OS. The molecule has 1 aromatic heterocycles. The van der Waals surface area contributed by atoms with Crippen molar-refractivity contribution in [2.45, 2.75) is 39.5 Å². The van der Waals surface area contributed by atoms with E-state index in [0.29, 0.717) is 5.41 Å². The van der Waals surface area contributed by atoms with Gasteiger partial charge in [0.15, 0.2) is 0 Å². The Bertz CT molecular complexity index is 389. The van der Waals surface area contributed by atoms with Gasteiger partial charge in [-0.05, 0) is 43.9 Å². The second kappa shape index (κ2) is 6.82. The van der Waals surface area contributed by atoms with Gasteiger partial charge in [-0.3, -0.25) is 0 Å². The van der Waals surface area contributed by atoms with Crippen molar-refractivity contribution in [1.29, 1.82) is 0 Å². The van der Waals surface area contributed by atoms with E-state index in [9.17, 15) is 0 Å². The molecule has 0 saturated heterocycles. The molecule has 3 nitrogen and oxygen atoms in total. The summed E-state index contributed by atoms with van der Waals surface area (Å²) in [4.78, 5) is 5.81. The highest BCUT2D eigenvalue weighted by atomic mass is 32.1. The SMILES string of the molecule is COCCNCC(C)(CCc1scnc1C)C1CC1. The van der Waals surface area contributed by atoms with E-state index >= 15 is 0 Å². The molecule has 0 amide bonds. The molecule has 19 heavy (non-hydrogen) atoms. The molecule has 1 unspecified atom stereocenters. The van der Waals surface area contributed by atoms with Crippen molar-refractivity contribution in [2.24, 2.45) is 11.3 Å². The van der Waals surface area contributed by atoms with Gasteiger partial charge in [-0.25, -0.2) is 4.98 Å². The summed E-state index contributed by atoms with van der Waals surface area (Å²) in [6, 6.07) is 0. The number of rotatable bonds is 9. The minimum absolute atomic E-state index is 0.435. The lowest BCUT2D eigenvalue weighted by Crippen LogP contribution is -2.35. The van der Waals surface area contributed by atoms with Gasteiger partial charge in [0.2, 0.25) is 0 Å². The van der Waals surface area contributed by atoms with E-state index in [0.717, 1.165) is 25.6 Å². The normalized spacial score (nSPS) is 18.5. The van der Waals surface area contributed by atoms with Gasteiger partial charge in [-0.2, -0.15) is 0 Å². The van der Waals surface area contributed by atoms with E-state index in [1.165, 1.54) is 36.3 Å². The number of hydrogen-bond donors (Lipinski definition) is 1. The molecule has 1 heterocycles. The minimum Gasteiger partial charge on any atom is -0.383 e. The van der Waals surface area contributed by atoms with E-state index in [1.54, 1.807) is 18.4 Å². The molecule has 1 saturated carbocycles. The minimum atomic E-state index is 0.435. The molecule has 1 aromatic rings. The highest BCUT2D eigenvalue weighted by molar-refractivity contribution is 7.09. The first-order chi connectivity index (χ1) is 9.15. The zero-order valence-corrected chi connectivity index (χ0v) is 13.2. The van der Waals surface area contributed by atoms with Crippen LogP contribution in [0, 0.1) is 18.3 Å². The van der Waals surface area contributed by atoms with Crippen molar-refractivity contribution < 1.29 is 4.74 Å². The number of nitrogens with zero attached hydrogens (tertiary/aromatic N) is 1. The van der Waals surface area contributed by atoms with E-state index in [4.69, 9.17) is 4.74 Å². The summed E-state index contributed by atoms with van der Waals surface area (Å²) in [5.74, 6) is 0.913. The first-order valence-corrected chi connectivity index (χ1v) is 8.12. The standard InChI is InChI=1S/C15H26N2OS/c1-12-14(19-11-17-12)6-7-15(2,13-4-5-13)10-16-8-9-18-3/h11,13,16H,4-10H2,1-3H3. The van der Waals surface area contributed by atoms with Gasteiger partial charge in [0, 0.05) is 25.1 Å². The summed E-state index contributed by atoms with van der Waals surface area (Å²) in [7, 11) is 1.76. The van der Waals surface area contributed by atoms with Crippen molar-refractivity contribution in [1.82, 2.24) is 10.3 Å². The molecule has 1 aliphatic carbocycles. The quantitative estimate of drug-likeness (QED) is 0.707. The number of nitrogens with one attached hydrogen (secondary N) is 1. The Labute approximate surface area is 120 Å². The second-order valence-corrected chi connectivity index (χ2v) is 6.90. The molecule has 0 spiro atoms. The zero-order valence-electron chi connectivity index (χ0n) is 12.4. The Balaban J connectivity index is 1.83. The maximum atomic E-state index is 5.10. The Hall–Kier alpha value is -0.450. The van der Waals surface area contributed by atoms with Crippen LogP contribution in [0.25, 0.3) is 0 Å². The monoisotopic (exact) mass is 282 g/mol. The molecule has 1 N–H and O–H groups in total. The van der Waals surface area contributed by atoms with Crippen LogP contribution in [0.2, 0.25) is 0 Å². The summed E-state index contributed by atoms with van der Waals surface area (Å²) < 4.78 is 5.10. The highest BCUT2D eigenvalue weighted by Crippen LogP contribution is 2.47. The molecule has 1 fully saturated rings. The molecule has 0 radical (unpaired) electrons. The topological polar surface area (TPSA) is 34.1 Å². The molecular weight excluding hydrogens is 256 g/mol. The number of hydrogen-bond acceptors (Lipinski definition) is 4. The molecule has 2 rings (SSSR count). The lowest BCUT2D eigenvalue weighted by molar-refractivity contribution is 0.184. The predicted octanol–water partition coefficient (Wildman–Crippen LogP) is 3.04. The van der Waals surface area contributed by atoms with Crippen molar-refractivity contribution in [2.75, 3.05) is 26.8 Å². The smallest absolute Gasteiger partial charge is 0.0797 e. The maximum absolute atomic E-state index is 5.10. The Morgan fingerprint density at radius 2 is 2.32 bits per heavy atom. The lowest BCUT2D eigenvalue weighted by atomic mass is 9.80. The van der Waals surface area contributed by atoms with Crippen LogP contribution in [0.15, 0.2) is 5.51 Å². The first-order valence-electron chi connectivity index (χ1n) is 7.24. The maximum Gasteiger partial charge on any atom is 0.0797 e. The third-order valence-corrected chi connectivity index (χ3v) is 5.34. The van der Waals surface area contributed by atoms with Crippen molar-refractivity contribution in [3.63, 3.8) is 0 Å². The first kappa shape index (κ1) is 14.9. The fourth-order valence-corrected chi connectivity index (χ4v) is 3.51. The summed E-state index contributed by atoms with van der Waals surface area (Å²) in [5.41, 5.74) is 3.62. The van der Waals surface area contributed by atoms with Gasteiger partial charge < -0.3 is 10.1 Å². The van der Waals surface area contributed by atoms with Crippen LogP contribution in [-0.4, -0.2) is 31.8 Å². The summed E-state index contributed by atoms with van der Waals surface area (Å²) in [6.07, 6.45) is 5.25. The third-order valence-electron chi connectivity index (χ3n) is 4.34. The Morgan fingerprint density at radius 3 is 2.89 bits per heavy atom. The van der Waals surface area contributed by atoms with Crippen LogP contribution in [0.5, 0.6) is 0 Å². The van der Waals surface area contributed by atoms with Gasteiger partial charge in [-0.15, -0.1) is 11.3 Å². The number of aromatic nitrogens is 1. The average Bonchev–Trinajstić information content (AvgIpc) is 3.17. The largest absolute Gasteiger partial charge is 0.383 e. The van der Waals surface area contributed by atoms with Crippen LogP contribution >= 0.6 is 11.3 Å². The van der Waals surface area contributed by atoms with Gasteiger partial charge in [0.1, 0.15) is 0 Å². The fraction of sp³-hybridized carbons (Fsp3) is 0.800. The Morgan fingerprint density at radius 1 is 1.53 bits per heavy atom. The van der Waals surface area contributed by atoms with Crippen molar-refractivity contribution in [3.8, 4) is 0 Å².